The molecular formula is C11H18O5S. The van der Waals surface area contributed by atoms with Crippen molar-refractivity contribution in [2.24, 2.45) is 0 Å². The number of rotatable bonds is 2. The van der Waals surface area contributed by atoms with Crippen LogP contribution in [0.5, 0.6) is 0 Å². The summed E-state index contributed by atoms with van der Waals surface area (Å²) in [5, 5.41) is 9.81. The fraction of sp³-hybridized carbons (Fsp3) is 1.00. The fourth-order valence-corrected chi connectivity index (χ4v) is 5.90. The smallest absolute Gasteiger partial charge is 0.160 e. The van der Waals surface area contributed by atoms with Gasteiger partial charge in [0.25, 0.3) is 0 Å². The molecule has 6 heteroatoms. The van der Waals surface area contributed by atoms with Crippen molar-refractivity contribution >= 4 is 9.84 Å². The largest absolute Gasteiger partial charge is 0.390 e. The predicted molar refractivity (Wildman–Crippen MR) is 60.2 cm³/mol. The van der Waals surface area contributed by atoms with E-state index < -0.39 is 15.4 Å². The zero-order valence-corrected chi connectivity index (χ0v) is 10.5. The van der Waals surface area contributed by atoms with Gasteiger partial charge in [-0.05, 0) is 25.7 Å². The molecule has 2 bridgehead atoms. The van der Waals surface area contributed by atoms with Crippen LogP contribution in [0.2, 0.25) is 0 Å². The van der Waals surface area contributed by atoms with Crippen LogP contribution in [0.3, 0.4) is 0 Å². The van der Waals surface area contributed by atoms with Gasteiger partial charge in [0.05, 0.1) is 29.3 Å². The second-order valence-electron chi connectivity index (χ2n) is 5.42. The Hall–Kier alpha value is -0.170. The maximum atomic E-state index is 11.9. The SMILES string of the molecule is O=S1(=O)C2CCC1CC(O)(CC1OCCO1)C2. The lowest BCUT2D eigenvalue weighted by molar-refractivity contribution is -0.107. The van der Waals surface area contributed by atoms with Crippen molar-refractivity contribution in [3.63, 3.8) is 0 Å². The summed E-state index contributed by atoms with van der Waals surface area (Å²) in [6.07, 6.45) is 2.11. The topological polar surface area (TPSA) is 72.8 Å². The molecule has 0 spiro atoms. The first-order chi connectivity index (χ1) is 8.00. The van der Waals surface area contributed by atoms with E-state index in [9.17, 15) is 13.5 Å². The fourth-order valence-electron chi connectivity index (χ4n) is 3.34. The van der Waals surface area contributed by atoms with Crippen molar-refractivity contribution < 1.29 is 23.0 Å². The molecule has 0 amide bonds. The van der Waals surface area contributed by atoms with Crippen LogP contribution in [0.25, 0.3) is 0 Å². The van der Waals surface area contributed by atoms with Crippen molar-refractivity contribution in [2.75, 3.05) is 13.2 Å². The zero-order chi connectivity index (χ0) is 12.1. The van der Waals surface area contributed by atoms with Crippen LogP contribution in [0, 0.1) is 0 Å². The highest BCUT2D eigenvalue weighted by Crippen LogP contribution is 2.45. The van der Waals surface area contributed by atoms with Gasteiger partial charge in [0.1, 0.15) is 0 Å². The standard InChI is InChI=1S/C11H18O5S/c12-11(7-10-15-3-4-16-10)5-8-1-2-9(6-11)17(8,13)14/h8-10,12H,1-7H2. The van der Waals surface area contributed by atoms with E-state index in [2.05, 4.69) is 0 Å². The first-order valence-electron chi connectivity index (χ1n) is 6.18. The van der Waals surface area contributed by atoms with E-state index in [1.165, 1.54) is 0 Å². The molecule has 3 aliphatic heterocycles. The molecule has 3 rings (SSSR count). The molecule has 2 unspecified atom stereocenters. The second-order valence-corrected chi connectivity index (χ2v) is 7.93. The molecule has 0 aromatic rings. The number of aliphatic hydroxyl groups is 1. The molecule has 0 aliphatic carbocycles. The third kappa shape index (κ3) is 2.01. The molecule has 3 saturated heterocycles. The Morgan fingerprint density at radius 1 is 1.12 bits per heavy atom. The van der Waals surface area contributed by atoms with Gasteiger partial charge in [0.2, 0.25) is 0 Å². The van der Waals surface area contributed by atoms with Crippen LogP contribution in [-0.4, -0.2) is 49.1 Å². The van der Waals surface area contributed by atoms with Gasteiger partial charge < -0.3 is 14.6 Å². The minimum absolute atomic E-state index is 0.342. The first-order valence-corrected chi connectivity index (χ1v) is 7.79. The number of fused-ring (bicyclic) bond motifs is 2. The number of hydrogen-bond acceptors (Lipinski definition) is 5. The summed E-state index contributed by atoms with van der Waals surface area (Å²) in [4.78, 5) is 0. The monoisotopic (exact) mass is 262 g/mol. The summed E-state index contributed by atoms with van der Waals surface area (Å²) in [5.41, 5.74) is -0.924. The van der Waals surface area contributed by atoms with Gasteiger partial charge in [-0.15, -0.1) is 0 Å². The summed E-state index contributed by atoms with van der Waals surface area (Å²) < 4.78 is 34.5. The Balaban J connectivity index is 1.73. The van der Waals surface area contributed by atoms with Crippen molar-refractivity contribution in [2.45, 2.75) is 54.5 Å². The normalized spacial score (nSPS) is 45.2. The van der Waals surface area contributed by atoms with Crippen LogP contribution in [0.4, 0.5) is 0 Å². The van der Waals surface area contributed by atoms with Crippen LogP contribution >= 0.6 is 0 Å². The lowest BCUT2D eigenvalue weighted by Crippen LogP contribution is -2.46. The van der Waals surface area contributed by atoms with Gasteiger partial charge in [-0.2, -0.15) is 0 Å². The van der Waals surface area contributed by atoms with E-state index in [-0.39, 0.29) is 16.8 Å². The Morgan fingerprint density at radius 3 is 2.18 bits per heavy atom. The third-order valence-electron chi connectivity index (χ3n) is 4.19. The van der Waals surface area contributed by atoms with Crippen molar-refractivity contribution in [1.29, 1.82) is 0 Å². The van der Waals surface area contributed by atoms with E-state index in [0.29, 0.717) is 45.3 Å². The second kappa shape index (κ2) is 3.91. The maximum absolute atomic E-state index is 11.9. The zero-order valence-electron chi connectivity index (χ0n) is 9.67. The average Bonchev–Trinajstić information content (AvgIpc) is 2.75. The van der Waals surface area contributed by atoms with Crippen molar-refractivity contribution in [3.05, 3.63) is 0 Å². The Labute approximate surface area is 101 Å². The van der Waals surface area contributed by atoms with E-state index in [1.807, 2.05) is 0 Å². The molecule has 0 aromatic heterocycles. The molecule has 98 valence electrons. The molecule has 1 N–H and O–H groups in total. The van der Waals surface area contributed by atoms with E-state index in [1.54, 1.807) is 0 Å². The number of ether oxygens (including phenoxy) is 2. The average molecular weight is 262 g/mol. The maximum Gasteiger partial charge on any atom is 0.160 e. The minimum atomic E-state index is -2.98. The minimum Gasteiger partial charge on any atom is -0.390 e. The number of sulfone groups is 1. The van der Waals surface area contributed by atoms with E-state index in [4.69, 9.17) is 9.47 Å². The summed E-state index contributed by atoms with van der Waals surface area (Å²) in [6.45, 7) is 1.12. The molecule has 0 saturated carbocycles. The van der Waals surface area contributed by atoms with Gasteiger partial charge in [-0.1, -0.05) is 0 Å². The molecular weight excluding hydrogens is 244 g/mol. The molecule has 0 aromatic carbocycles. The Kier molecular flexibility index (Phi) is 2.74. The van der Waals surface area contributed by atoms with Crippen molar-refractivity contribution in [3.8, 4) is 0 Å². The molecule has 5 nitrogen and oxygen atoms in total. The van der Waals surface area contributed by atoms with Gasteiger partial charge in [-0.25, -0.2) is 8.42 Å². The summed E-state index contributed by atoms with van der Waals surface area (Å²) in [5.74, 6) is 0. The molecule has 3 aliphatic rings. The highest BCUT2D eigenvalue weighted by atomic mass is 32.2. The summed E-state index contributed by atoms with van der Waals surface area (Å²) in [6, 6.07) is 0. The number of hydrogen-bond donors (Lipinski definition) is 1. The molecule has 2 atom stereocenters. The van der Waals surface area contributed by atoms with Gasteiger partial charge in [0.15, 0.2) is 16.1 Å². The van der Waals surface area contributed by atoms with Crippen LogP contribution < -0.4 is 0 Å². The molecule has 3 heterocycles. The lowest BCUT2D eigenvalue weighted by Gasteiger charge is -2.37. The Bertz CT molecular complexity index is 378. The quantitative estimate of drug-likeness (QED) is 0.770. The van der Waals surface area contributed by atoms with Crippen LogP contribution in [0.1, 0.15) is 32.1 Å². The van der Waals surface area contributed by atoms with Crippen molar-refractivity contribution in [1.82, 2.24) is 0 Å². The first kappa shape index (κ1) is 11.9. The molecule has 0 radical (unpaired) electrons. The van der Waals surface area contributed by atoms with Gasteiger partial charge in [-0.3, -0.25) is 0 Å². The van der Waals surface area contributed by atoms with Crippen LogP contribution in [0.15, 0.2) is 0 Å². The third-order valence-corrected chi connectivity index (χ3v) is 6.86. The van der Waals surface area contributed by atoms with Gasteiger partial charge >= 0.3 is 0 Å². The van der Waals surface area contributed by atoms with E-state index >= 15 is 0 Å². The summed E-state index contributed by atoms with van der Waals surface area (Å²) >= 11 is 0. The van der Waals surface area contributed by atoms with Gasteiger partial charge in [0, 0.05) is 6.42 Å². The summed E-state index contributed by atoms with van der Waals surface area (Å²) in [7, 11) is -2.98. The highest BCUT2D eigenvalue weighted by Gasteiger charge is 2.53. The lowest BCUT2D eigenvalue weighted by atomic mass is 9.90. The predicted octanol–water partition coefficient (Wildman–Crippen LogP) is 0.220. The molecule has 17 heavy (non-hydrogen) atoms. The molecule has 3 fully saturated rings. The van der Waals surface area contributed by atoms with Crippen LogP contribution in [-0.2, 0) is 19.3 Å². The Morgan fingerprint density at radius 2 is 1.65 bits per heavy atom. The van der Waals surface area contributed by atoms with E-state index in [0.717, 1.165) is 0 Å². The highest BCUT2D eigenvalue weighted by molar-refractivity contribution is 7.93.